The zero-order chi connectivity index (χ0) is 19.5. The first-order chi connectivity index (χ1) is 12.6. The third-order valence-electron chi connectivity index (χ3n) is 5.86. The molecule has 0 fully saturated rings. The molecule has 0 rings (SSSR count). The molecule has 26 heavy (non-hydrogen) atoms. The summed E-state index contributed by atoms with van der Waals surface area (Å²) in [6.07, 6.45) is 22.3. The zero-order valence-electron chi connectivity index (χ0n) is 18.4. The summed E-state index contributed by atoms with van der Waals surface area (Å²) in [5.74, 6) is -1.37. The topological polar surface area (TPSA) is 40.5 Å². The molecule has 0 aliphatic rings. The highest BCUT2D eigenvalue weighted by atomic mass is 16.5. The molecule has 0 amide bonds. The molecule has 0 aromatic heterocycles. The molecule has 0 aromatic rings. The van der Waals surface area contributed by atoms with Gasteiger partial charge in [-0.1, -0.05) is 117 Å². The van der Waals surface area contributed by atoms with Crippen LogP contribution in [0.4, 0.5) is 0 Å². The lowest BCUT2D eigenvalue weighted by Crippen LogP contribution is -2.37. The quantitative estimate of drug-likeness (QED) is 0.170. The minimum absolute atomic E-state index is 0.0705. The van der Waals surface area contributed by atoms with Gasteiger partial charge < -0.3 is 10.2 Å². The van der Waals surface area contributed by atoms with Gasteiger partial charge in [0.05, 0.1) is 0 Å². The van der Waals surface area contributed by atoms with E-state index in [4.69, 9.17) is 0 Å². The number of hydrogen-bond donors (Lipinski definition) is 2. The molecule has 1 atom stereocenters. The molecule has 0 aliphatic carbocycles. The first kappa shape index (κ1) is 25.9. The summed E-state index contributed by atoms with van der Waals surface area (Å²) in [5, 5.41) is 21.5. The monoisotopic (exact) mass is 370 g/mol. The summed E-state index contributed by atoms with van der Waals surface area (Å²) < 4.78 is 0. The molecule has 0 bridgehead atoms. The Labute approximate surface area is 165 Å². The average Bonchev–Trinajstić information content (AvgIpc) is 2.62. The fourth-order valence-electron chi connectivity index (χ4n) is 3.96. The smallest absolute Gasteiger partial charge is 0.165 e. The molecule has 0 spiro atoms. The minimum Gasteiger partial charge on any atom is -0.365 e. The maximum Gasteiger partial charge on any atom is 0.165 e. The van der Waals surface area contributed by atoms with Crippen molar-refractivity contribution >= 4 is 0 Å². The van der Waals surface area contributed by atoms with Crippen molar-refractivity contribution < 1.29 is 10.2 Å². The van der Waals surface area contributed by atoms with Gasteiger partial charge in [0.25, 0.3) is 0 Å². The first-order valence-electron chi connectivity index (χ1n) is 12.0. The van der Waals surface area contributed by atoms with Crippen molar-refractivity contribution in [2.45, 2.75) is 149 Å². The molecule has 2 N–H and O–H groups in total. The van der Waals surface area contributed by atoms with Gasteiger partial charge in [0.1, 0.15) is 0 Å². The Morgan fingerprint density at radius 1 is 0.500 bits per heavy atom. The van der Waals surface area contributed by atoms with Crippen LogP contribution in [0.1, 0.15) is 143 Å². The Balaban J connectivity index is 4.20. The van der Waals surface area contributed by atoms with Gasteiger partial charge in [-0.25, -0.2) is 0 Å². The Kier molecular flexibility index (Phi) is 18.2. The fraction of sp³-hybridized carbons (Fsp3) is 1.00. The van der Waals surface area contributed by atoms with Gasteiger partial charge in [-0.3, -0.25) is 0 Å². The number of hydrogen-bond acceptors (Lipinski definition) is 2. The molecule has 158 valence electrons. The Hall–Kier alpha value is -0.0800. The molecule has 0 aliphatic heterocycles. The fourth-order valence-corrected chi connectivity index (χ4v) is 3.96. The molecule has 1 unspecified atom stereocenters. The van der Waals surface area contributed by atoms with Crippen molar-refractivity contribution in [2.24, 2.45) is 5.92 Å². The lowest BCUT2D eigenvalue weighted by Gasteiger charge is -2.32. The summed E-state index contributed by atoms with van der Waals surface area (Å²) in [6.45, 7) is 6.72. The summed E-state index contributed by atoms with van der Waals surface area (Å²) >= 11 is 0. The highest BCUT2D eigenvalue weighted by Crippen LogP contribution is 2.31. The average molecular weight is 371 g/mol. The van der Waals surface area contributed by atoms with Crippen molar-refractivity contribution in [1.29, 1.82) is 0 Å². The lowest BCUT2D eigenvalue weighted by molar-refractivity contribution is -0.209. The van der Waals surface area contributed by atoms with Gasteiger partial charge in [0.15, 0.2) is 5.79 Å². The summed E-state index contributed by atoms with van der Waals surface area (Å²) in [4.78, 5) is 0. The molecule has 0 heterocycles. The van der Waals surface area contributed by atoms with Crippen molar-refractivity contribution in [3.63, 3.8) is 0 Å². The normalized spacial score (nSPS) is 13.3. The van der Waals surface area contributed by atoms with Crippen molar-refractivity contribution in [3.8, 4) is 0 Å². The van der Waals surface area contributed by atoms with E-state index in [1.165, 1.54) is 77.0 Å². The molecule has 0 saturated carbocycles. The van der Waals surface area contributed by atoms with Crippen molar-refractivity contribution in [3.05, 3.63) is 0 Å². The Bertz CT molecular complexity index is 275. The number of aliphatic hydroxyl groups is 2. The lowest BCUT2D eigenvalue weighted by atomic mass is 9.84. The van der Waals surface area contributed by atoms with Gasteiger partial charge >= 0.3 is 0 Å². The highest BCUT2D eigenvalue weighted by Gasteiger charge is 2.32. The van der Waals surface area contributed by atoms with E-state index in [1.807, 2.05) is 0 Å². The van der Waals surface area contributed by atoms with E-state index in [0.29, 0.717) is 6.42 Å². The summed E-state index contributed by atoms with van der Waals surface area (Å²) in [5.41, 5.74) is 0. The van der Waals surface area contributed by atoms with Gasteiger partial charge in [0, 0.05) is 12.3 Å². The zero-order valence-corrected chi connectivity index (χ0v) is 18.4. The van der Waals surface area contributed by atoms with Crippen LogP contribution >= 0.6 is 0 Å². The number of unbranched alkanes of at least 4 members (excludes halogenated alkanes) is 13. The van der Waals surface area contributed by atoms with Crippen LogP contribution in [-0.2, 0) is 0 Å². The second-order valence-electron chi connectivity index (χ2n) is 8.50. The van der Waals surface area contributed by atoms with Crippen LogP contribution in [0.2, 0.25) is 0 Å². The van der Waals surface area contributed by atoms with Crippen LogP contribution in [0.15, 0.2) is 0 Å². The Morgan fingerprint density at radius 3 is 1.31 bits per heavy atom. The van der Waals surface area contributed by atoms with Gasteiger partial charge in [-0.15, -0.1) is 0 Å². The molecule has 0 aromatic carbocycles. The van der Waals surface area contributed by atoms with E-state index in [-0.39, 0.29) is 5.92 Å². The third-order valence-corrected chi connectivity index (χ3v) is 5.86. The molecule has 2 heteroatoms. The van der Waals surface area contributed by atoms with Crippen LogP contribution in [0, 0.1) is 5.92 Å². The Morgan fingerprint density at radius 2 is 0.846 bits per heavy atom. The van der Waals surface area contributed by atoms with Crippen LogP contribution in [0.5, 0.6) is 0 Å². The minimum atomic E-state index is -1.44. The second kappa shape index (κ2) is 18.3. The molecular formula is C24H50O2. The molecular weight excluding hydrogens is 320 g/mol. The highest BCUT2D eigenvalue weighted by molar-refractivity contribution is 4.76. The van der Waals surface area contributed by atoms with Crippen LogP contribution in [-0.4, -0.2) is 16.0 Å². The molecule has 2 nitrogen and oxygen atoms in total. The predicted octanol–water partition coefficient (Wildman–Crippen LogP) is 7.76. The van der Waals surface area contributed by atoms with Gasteiger partial charge in [-0.2, -0.15) is 0 Å². The van der Waals surface area contributed by atoms with Gasteiger partial charge in [-0.05, 0) is 19.3 Å². The standard InChI is InChI=1S/C24H50O2/c1-4-7-10-13-15-18-21-23(20-17-12-9-6-3)24(25,26)22-19-16-14-11-8-5-2/h23,25-26H,4-22H2,1-3H3. The number of rotatable bonds is 20. The van der Waals surface area contributed by atoms with Crippen molar-refractivity contribution in [2.75, 3.05) is 0 Å². The van der Waals surface area contributed by atoms with Crippen LogP contribution in [0.3, 0.4) is 0 Å². The maximum absolute atomic E-state index is 10.7. The first-order valence-corrected chi connectivity index (χ1v) is 12.0. The SMILES string of the molecule is CCCCCCCCC(CCCCCC)C(O)(O)CCCCCCCC. The summed E-state index contributed by atoms with van der Waals surface area (Å²) in [7, 11) is 0. The van der Waals surface area contributed by atoms with Crippen LogP contribution < -0.4 is 0 Å². The van der Waals surface area contributed by atoms with Crippen LogP contribution in [0.25, 0.3) is 0 Å². The predicted molar refractivity (Wildman–Crippen MR) is 115 cm³/mol. The van der Waals surface area contributed by atoms with E-state index >= 15 is 0 Å². The summed E-state index contributed by atoms with van der Waals surface area (Å²) in [6, 6.07) is 0. The van der Waals surface area contributed by atoms with E-state index in [9.17, 15) is 10.2 Å². The van der Waals surface area contributed by atoms with Crippen molar-refractivity contribution in [1.82, 2.24) is 0 Å². The van der Waals surface area contributed by atoms with E-state index in [0.717, 1.165) is 38.5 Å². The van der Waals surface area contributed by atoms with E-state index < -0.39 is 5.79 Å². The van der Waals surface area contributed by atoms with E-state index in [1.54, 1.807) is 0 Å². The maximum atomic E-state index is 10.7. The molecule has 0 radical (unpaired) electrons. The molecule has 0 saturated heterocycles. The van der Waals surface area contributed by atoms with Gasteiger partial charge in [0.2, 0.25) is 0 Å². The van der Waals surface area contributed by atoms with E-state index in [2.05, 4.69) is 20.8 Å². The third kappa shape index (κ3) is 15.0. The second-order valence-corrected chi connectivity index (χ2v) is 8.50. The largest absolute Gasteiger partial charge is 0.365 e.